The van der Waals surface area contributed by atoms with Crippen LogP contribution in [0.4, 0.5) is 4.79 Å². The summed E-state index contributed by atoms with van der Waals surface area (Å²) in [4.78, 5) is 17.4. The quantitative estimate of drug-likeness (QED) is 0.579. The largest absolute Gasteiger partial charge is 0.370 e. The highest BCUT2D eigenvalue weighted by Crippen LogP contribution is 2.01. The summed E-state index contributed by atoms with van der Waals surface area (Å²) < 4.78 is 0. The maximum Gasteiger partial charge on any atom is 0.324 e. The molecule has 6 heteroatoms. The summed E-state index contributed by atoms with van der Waals surface area (Å²) in [6, 6.07) is 13.0. The number of hydrogen-bond donors (Lipinski definition) is 3. The van der Waals surface area contributed by atoms with Crippen LogP contribution in [0, 0.1) is 5.41 Å². The van der Waals surface area contributed by atoms with Gasteiger partial charge in [-0.2, -0.15) is 0 Å². The van der Waals surface area contributed by atoms with Crippen molar-refractivity contribution in [3.05, 3.63) is 66.0 Å². The fraction of sp³-hybridized carbons (Fsp3) is 0.188. The van der Waals surface area contributed by atoms with Crippen molar-refractivity contribution in [2.75, 3.05) is 6.54 Å². The van der Waals surface area contributed by atoms with Gasteiger partial charge in [0.25, 0.3) is 0 Å². The fourth-order valence-electron chi connectivity index (χ4n) is 1.99. The van der Waals surface area contributed by atoms with Crippen LogP contribution in [-0.4, -0.2) is 28.4 Å². The Bertz CT molecular complexity index is 615. The van der Waals surface area contributed by atoms with E-state index in [-0.39, 0.29) is 12.0 Å². The van der Waals surface area contributed by atoms with Gasteiger partial charge >= 0.3 is 6.03 Å². The molecule has 0 fully saturated rings. The van der Waals surface area contributed by atoms with E-state index in [1.807, 2.05) is 42.5 Å². The maximum absolute atomic E-state index is 12.2. The number of urea groups is 1. The molecule has 0 saturated carbocycles. The van der Waals surface area contributed by atoms with Crippen molar-refractivity contribution < 1.29 is 4.79 Å². The van der Waals surface area contributed by atoms with Crippen LogP contribution < -0.4 is 11.1 Å². The zero-order chi connectivity index (χ0) is 15.8. The number of amides is 2. The van der Waals surface area contributed by atoms with E-state index in [1.165, 1.54) is 4.90 Å². The minimum absolute atomic E-state index is 0.269. The molecule has 4 N–H and O–H groups in total. The van der Waals surface area contributed by atoms with Gasteiger partial charge in [-0.25, -0.2) is 4.79 Å². The zero-order valence-corrected chi connectivity index (χ0v) is 12.2. The Balaban J connectivity index is 1.89. The third kappa shape index (κ3) is 4.59. The Labute approximate surface area is 129 Å². The molecule has 6 nitrogen and oxygen atoms in total. The second-order valence-corrected chi connectivity index (χ2v) is 4.79. The second-order valence-electron chi connectivity index (χ2n) is 4.79. The van der Waals surface area contributed by atoms with E-state index in [9.17, 15) is 4.79 Å². The van der Waals surface area contributed by atoms with E-state index < -0.39 is 0 Å². The predicted molar refractivity (Wildman–Crippen MR) is 85.2 cm³/mol. The summed E-state index contributed by atoms with van der Waals surface area (Å²) in [6.07, 6.45) is 4.02. The second kappa shape index (κ2) is 7.78. The molecule has 0 radical (unpaired) electrons. The molecule has 0 unspecified atom stereocenters. The lowest BCUT2D eigenvalue weighted by Crippen LogP contribution is -2.47. The van der Waals surface area contributed by atoms with Crippen LogP contribution in [0.2, 0.25) is 0 Å². The van der Waals surface area contributed by atoms with Gasteiger partial charge in [-0.15, -0.1) is 0 Å². The fourth-order valence-corrected chi connectivity index (χ4v) is 1.99. The Morgan fingerprint density at radius 2 is 1.91 bits per heavy atom. The first kappa shape index (κ1) is 15.5. The zero-order valence-electron chi connectivity index (χ0n) is 12.2. The number of carbonyl (C=O) groups is 1. The number of rotatable bonds is 5. The number of guanidine groups is 1. The van der Waals surface area contributed by atoms with E-state index in [4.69, 9.17) is 11.1 Å². The highest BCUT2D eigenvalue weighted by Gasteiger charge is 2.15. The van der Waals surface area contributed by atoms with Crippen LogP contribution in [0.15, 0.2) is 54.9 Å². The molecule has 1 heterocycles. The summed E-state index contributed by atoms with van der Waals surface area (Å²) in [5.41, 5.74) is 7.49. The number of benzene rings is 1. The van der Waals surface area contributed by atoms with E-state index in [1.54, 1.807) is 12.4 Å². The average Bonchev–Trinajstić information content (AvgIpc) is 2.55. The van der Waals surface area contributed by atoms with Gasteiger partial charge in [0, 0.05) is 25.5 Å². The number of aromatic nitrogens is 1. The summed E-state index contributed by atoms with van der Waals surface area (Å²) >= 11 is 0. The lowest BCUT2D eigenvalue weighted by atomic mass is 10.2. The smallest absolute Gasteiger partial charge is 0.324 e. The molecule has 2 aromatic rings. The molecular weight excluding hydrogens is 278 g/mol. The summed E-state index contributed by atoms with van der Waals surface area (Å²) in [5.74, 6) is -0.269. The summed E-state index contributed by atoms with van der Waals surface area (Å²) in [6.45, 7) is 0.734. The van der Waals surface area contributed by atoms with Gasteiger partial charge in [-0.3, -0.25) is 15.3 Å². The van der Waals surface area contributed by atoms with E-state index in [0.29, 0.717) is 19.5 Å². The minimum Gasteiger partial charge on any atom is -0.370 e. The van der Waals surface area contributed by atoms with Crippen LogP contribution in [0.25, 0.3) is 0 Å². The van der Waals surface area contributed by atoms with Gasteiger partial charge in [0.2, 0.25) is 0 Å². The first-order valence-electron chi connectivity index (χ1n) is 6.99. The van der Waals surface area contributed by atoms with Crippen LogP contribution >= 0.6 is 0 Å². The molecule has 0 aliphatic carbocycles. The van der Waals surface area contributed by atoms with Crippen molar-refractivity contribution in [3.8, 4) is 0 Å². The summed E-state index contributed by atoms with van der Waals surface area (Å²) in [7, 11) is 0. The Morgan fingerprint density at radius 1 is 1.18 bits per heavy atom. The SMILES string of the molecule is N=C(N)N(CCc1cccnc1)C(=O)NCc1ccccc1. The Kier molecular flexibility index (Phi) is 5.48. The molecule has 0 spiro atoms. The number of nitrogens with two attached hydrogens (primary N) is 1. The molecule has 1 aromatic heterocycles. The minimum atomic E-state index is -0.375. The highest BCUT2D eigenvalue weighted by atomic mass is 16.2. The van der Waals surface area contributed by atoms with Gasteiger partial charge in [0.05, 0.1) is 0 Å². The molecule has 0 saturated heterocycles. The van der Waals surface area contributed by atoms with Crippen molar-refractivity contribution in [1.82, 2.24) is 15.2 Å². The van der Waals surface area contributed by atoms with Crippen molar-refractivity contribution in [2.45, 2.75) is 13.0 Å². The van der Waals surface area contributed by atoms with Gasteiger partial charge in [0.1, 0.15) is 0 Å². The molecule has 0 bridgehead atoms. The van der Waals surface area contributed by atoms with Gasteiger partial charge in [0.15, 0.2) is 5.96 Å². The molecule has 0 aliphatic heterocycles. The third-order valence-corrected chi connectivity index (χ3v) is 3.17. The molecular formula is C16H19N5O. The first-order chi connectivity index (χ1) is 10.7. The summed E-state index contributed by atoms with van der Waals surface area (Å²) in [5, 5.41) is 10.3. The van der Waals surface area contributed by atoms with Crippen LogP contribution in [0.3, 0.4) is 0 Å². The van der Waals surface area contributed by atoms with E-state index in [0.717, 1.165) is 11.1 Å². The highest BCUT2D eigenvalue weighted by molar-refractivity contribution is 5.93. The van der Waals surface area contributed by atoms with Crippen molar-refractivity contribution in [2.24, 2.45) is 5.73 Å². The Hall–Kier alpha value is -2.89. The number of pyridine rings is 1. The number of hydrogen-bond acceptors (Lipinski definition) is 3. The molecule has 2 rings (SSSR count). The first-order valence-corrected chi connectivity index (χ1v) is 6.99. The van der Waals surface area contributed by atoms with Crippen molar-refractivity contribution in [1.29, 1.82) is 5.41 Å². The lowest BCUT2D eigenvalue weighted by Gasteiger charge is -2.21. The van der Waals surface area contributed by atoms with E-state index in [2.05, 4.69) is 10.3 Å². The Morgan fingerprint density at radius 3 is 2.55 bits per heavy atom. The van der Waals surface area contributed by atoms with Crippen molar-refractivity contribution in [3.63, 3.8) is 0 Å². The monoisotopic (exact) mass is 297 g/mol. The van der Waals surface area contributed by atoms with Crippen molar-refractivity contribution >= 4 is 12.0 Å². The number of nitrogens with one attached hydrogen (secondary N) is 2. The lowest BCUT2D eigenvalue weighted by molar-refractivity contribution is 0.220. The standard InChI is InChI=1S/C16H19N5O/c17-15(18)21(10-8-14-7-4-9-19-11-14)16(22)20-12-13-5-2-1-3-6-13/h1-7,9,11H,8,10,12H2,(H3,17,18)(H,20,22). The maximum atomic E-state index is 12.2. The normalized spacial score (nSPS) is 10.0. The van der Waals surface area contributed by atoms with Crippen LogP contribution in [0.1, 0.15) is 11.1 Å². The average molecular weight is 297 g/mol. The van der Waals surface area contributed by atoms with Gasteiger partial charge in [-0.1, -0.05) is 36.4 Å². The third-order valence-electron chi connectivity index (χ3n) is 3.17. The molecule has 0 atom stereocenters. The van der Waals surface area contributed by atoms with Gasteiger partial charge < -0.3 is 11.1 Å². The van der Waals surface area contributed by atoms with Crippen LogP contribution in [-0.2, 0) is 13.0 Å². The van der Waals surface area contributed by atoms with Gasteiger partial charge in [-0.05, 0) is 23.6 Å². The number of carbonyl (C=O) groups excluding carboxylic acids is 1. The predicted octanol–water partition coefficient (Wildman–Crippen LogP) is 1.73. The molecule has 114 valence electrons. The molecule has 2 amide bonds. The molecule has 1 aromatic carbocycles. The molecule has 0 aliphatic rings. The number of nitrogens with zero attached hydrogens (tertiary/aromatic N) is 2. The topological polar surface area (TPSA) is 95.1 Å². The molecule has 22 heavy (non-hydrogen) atoms. The van der Waals surface area contributed by atoms with Crippen LogP contribution in [0.5, 0.6) is 0 Å². The van der Waals surface area contributed by atoms with E-state index >= 15 is 0 Å².